The molecule has 1 aliphatic rings. The second-order valence-electron chi connectivity index (χ2n) is 7.15. The molecule has 2 aromatic carbocycles. The number of rotatable bonds is 9. The van der Waals surface area contributed by atoms with Gasteiger partial charge in [-0.05, 0) is 48.6 Å². The third-order valence-electron chi connectivity index (χ3n) is 4.30. The molecule has 140 valence electrons. The van der Waals surface area contributed by atoms with Crippen molar-refractivity contribution < 1.29 is 14.2 Å². The average Bonchev–Trinajstić information content (AvgIpc) is 3.17. The van der Waals surface area contributed by atoms with E-state index >= 15 is 0 Å². The summed E-state index contributed by atoms with van der Waals surface area (Å²) in [5.41, 5.74) is 2.18. The van der Waals surface area contributed by atoms with Gasteiger partial charge in [0.15, 0.2) is 0 Å². The maximum Gasteiger partial charge on any atom is 0.142 e. The van der Waals surface area contributed by atoms with E-state index in [0.717, 1.165) is 49.8 Å². The molecule has 1 saturated heterocycles. The Morgan fingerprint density at radius 3 is 2.81 bits per heavy atom. The van der Waals surface area contributed by atoms with Gasteiger partial charge < -0.3 is 19.5 Å². The van der Waals surface area contributed by atoms with Gasteiger partial charge in [0.2, 0.25) is 0 Å². The van der Waals surface area contributed by atoms with Gasteiger partial charge in [-0.3, -0.25) is 0 Å². The van der Waals surface area contributed by atoms with Crippen molar-refractivity contribution in [2.24, 2.45) is 5.92 Å². The molecule has 0 radical (unpaired) electrons. The zero-order valence-corrected chi connectivity index (χ0v) is 15.7. The van der Waals surface area contributed by atoms with Crippen LogP contribution in [0.1, 0.15) is 32.3 Å². The van der Waals surface area contributed by atoms with Crippen molar-refractivity contribution >= 4 is 5.69 Å². The highest BCUT2D eigenvalue weighted by Crippen LogP contribution is 2.26. The van der Waals surface area contributed by atoms with Crippen LogP contribution in [0.3, 0.4) is 0 Å². The molecule has 0 amide bonds. The van der Waals surface area contributed by atoms with E-state index in [1.54, 1.807) is 0 Å². The SMILES string of the molecule is CC(C)COc1cccc(CNc2ccccc2OCC2CCCO2)c1. The van der Waals surface area contributed by atoms with Crippen molar-refractivity contribution in [3.8, 4) is 11.5 Å². The van der Waals surface area contributed by atoms with Crippen molar-refractivity contribution in [3.63, 3.8) is 0 Å². The Balaban J connectivity index is 1.56. The van der Waals surface area contributed by atoms with Crippen LogP contribution in [0.25, 0.3) is 0 Å². The fourth-order valence-corrected chi connectivity index (χ4v) is 2.90. The third-order valence-corrected chi connectivity index (χ3v) is 4.30. The molecule has 4 heteroatoms. The Labute approximate surface area is 156 Å². The first-order valence-electron chi connectivity index (χ1n) is 9.50. The lowest BCUT2D eigenvalue weighted by molar-refractivity contribution is 0.0682. The van der Waals surface area contributed by atoms with Crippen LogP contribution in [-0.2, 0) is 11.3 Å². The van der Waals surface area contributed by atoms with Gasteiger partial charge in [-0.25, -0.2) is 0 Å². The highest BCUT2D eigenvalue weighted by Gasteiger charge is 2.16. The number of hydrogen-bond acceptors (Lipinski definition) is 4. The smallest absolute Gasteiger partial charge is 0.142 e. The minimum absolute atomic E-state index is 0.220. The normalized spacial score (nSPS) is 16.7. The van der Waals surface area contributed by atoms with E-state index in [-0.39, 0.29) is 6.10 Å². The van der Waals surface area contributed by atoms with Crippen molar-refractivity contribution in [1.82, 2.24) is 0 Å². The summed E-state index contributed by atoms with van der Waals surface area (Å²) in [6.45, 7) is 7.22. The quantitative estimate of drug-likeness (QED) is 0.695. The maximum atomic E-state index is 5.99. The minimum Gasteiger partial charge on any atom is -0.493 e. The Morgan fingerprint density at radius 1 is 1.12 bits per heavy atom. The molecule has 1 atom stereocenters. The Kier molecular flexibility index (Phi) is 6.78. The van der Waals surface area contributed by atoms with Crippen molar-refractivity contribution in [1.29, 1.82) is 0 Å². The van der Waals surface area contributed by atoms with Crippen LogP contribution in [0.2, 0.25) is 0 Å². The number of ether oxygens (including phenoxy) is 3. The first-order valence-corrected chi connectivity index (χ1v) is 9.50. The van der Waals surface area contributed by atoms with E-state index in [9.17, 15) is 0 Å². The predicted octanol–water partition coefficient (Wildman–Crippen LogP) is 4.89. The number of hydrogen-bond donors (Lipinski definition) is 1. The Morgan fingerprint density at radius 2 is 2.00 bits per heavy atom. The molecule has 1 aliphatic heterocycles. The lowest BCUT2D eigenvalue weighted by atomic mass is 10.2. The zero-order valence-electron chi connectivity index (χ0n) is 15.7. The summed E-state index contributed by atoms with van der Waals surface area (Å²) in [5.74, 6) is 2.31. The molecular formula is C22H29NO3. The molecule has 0 bridgehead atoms. The summed E-state index contributed by atoms with van der Waals surface area (Å²) >= 11 is 0. The van der Waals surface area contributed by atoms with E-state index in [1.807, 2.05) is 36.4 Å². The average molecular weight is 355 g/mol. The van der Waals surface area contributed by atoms with Gasteiger partial charge in [0, 0.05) is 13.2 Å². The summed E-state index contributed by atoms with van der Waals surface area (Å²) in [4.78, 5) is 0. The van der Waals surface area contributed by atoms with Gasteiger partial charge in [-0.2, -0.15) is 0 Å². The van der Waals surface area contributed by atoms with Crippen molar-refractivity contribution in [2.45, 2.75) is 39.3 Å². The third kappa shape index (κ3) is 5.67. The molecular weight excluding hydrogens is 326 g/mol. The number of nitrogens with one attached hydrogen (secondary N) is 1. The molecule has 0 saturated carbocycles. The Bertz CT molecular complexity index is 681. The summed E-state index contributed by atoms with van der Waals surface area (Å²) < 4.78 is 17.4. The molecule has 0 spiro atoms. The molecule has 0 aliphatic carbocycles. The lowest BCUT2D eigenvalue weighted by Crippen LogP contribution is -2.16. The summed E-state index contributed by atoms with van der Waals surface area (Å²) in [6, 6.07) is 16.3. The fourth-order valence-electron chi connectivity index (χ4n) is 2.90. The standard InChI is InChI=1S/C22H29NO3/c1-17(2)15-25-19-8-5-7-18(13-19)14-23-21-10-3-4-11-22(21)26-16-20-9-6-12-24-20/h3-5,7-8,10-11,13,17,20,23H,6,9,12,14-16H2,1-2H3. The summed E-state index contributed by atoms with van der Waals surface area (Å²) in [6.07, 6.45) is 2.43. The summed E-state index contributed by atoms with van der Waals surface area (Å²) in [5, 5.41) is 3.48. The number of benzene rings is 2. The van der Waals surface area contributed by atoms with Crippen LogP contribution in [0.5, 0.6) is 11.5 Å². The molecule has 0 aromatic heterocycles. The highest BCUT2D eigenvalue weighted by molar-refractivity contribution is 5.56. The van der Waals surface area contributed by atoms with Gasteiger partial charge >= 0.3 is 0 Å². The number of anilines is 1. The fraction of sp³-hybridized carbons (Fsp3) is 0.455. The van der Waals surface area contributed by atoms with E-state index in [2.05, 4.69) is 31.3 Å². The monoisotopic (exact) mass is 355 g/mol. The van der Waals surface area contributed by atoms with Crippen LogP contribution in [0.15, 0.2) is 48.5 Å². The van der Waals surface area contributed by atoms with Gasteiger partial charge in [0.05, 0.1) is 18.4 Å². The van der Waals surface area contributed by atoms with Gasteiger partial charge in [0.1, 0.15) is 18.1 Å². The summed E-state index contributed by atoms with van der Waals surface area (Å²) in [7, 11) is 0. The minimum atomic E-state index is 0.220. The molecule has 26 heavy (non-hydrogen) atoms. The van der Waals surface area contributed by atoms with Gasteiger partial charge in [0.25, 0.3) is 0 Å². The van der Waals surface area contributed by atoms with E-state index < -0.39 is 0 Å². The Hall–Kier alpha value is -2.20. The van der Waals surface area contributed by atoms with Crippen LogP contribution >= 0.6 is 0 Å². The second kappa shape index (κ2) is 9.48. The van der Waals surface area contributed by atoms with E-state index in [0.29, 0.717) is 12.5 Å². The lowest BCUT2D eigenvalue weighted by Gasteiger charge is -2.16. The van der Waals surface area contributed by atoms with Gasteiger partial charge in [-0.15, -0.1) is 0 Å². The van der Waals surface area contributed by atoms with Crippen LogP contribution < -0.4 is 14.8 Å². The molecule has 1 N–H and O–H groups in total. The van der Waals surface area contributed by atoms with E-state index in [4.69, 9.17) is 14.2 Å². The molecule has 1 heterocycles. The molecule has 2 aromatic rings. The van der Waals surface area contributed by atoms with E-state index in [1.165, 1.54) is 5.56 Å². The predicted molar refractivity (Wildman–Crippen MR) is 105 cm³/mol. The topological polar surface area (TPSA) is 39.7 Å². The first-order chi connectivity index (χ1) is 12.7. The highest BCUT2D eigenvalue weighted by atomic mass is 16.5. The first kappa shape index (κ1) is 18.6. The van der Waals surface area contributed by atoms with Crippen LogP contribution in [0, 0.1) is 5.92 Å². The van der Waals surface area contributed by atoms with Crippen molar-refractivity contribution in [3.05, 3.63) is 54.1 Å². The maximum absolute atomic E-state index is 5.99. The van der Waals surface area contributed by atoms with Crippen LogP contribution in [0.4, 0.5) is 5.69 Å². The van der Waals surface area contributed by atoms with Crippen LogP contribution in [-0.4, -0.2) is 25.9 Å². The van der Waals surface area contributed by atoms with Gasteiger partial charge in [-0.1, -0.05) is 38.1 Å². The molecule has 4 nitrogen and oxygen atoms in total. The second-order valence-corrected chi connectivity index (χ2v) is 7.15. The largest absolute Gasteiger partial charge is 0.493 e. The molecule has 1 unspecified atom stereocenters. The zero-order chi connectivity index (χ0) is 18.2. The molecule has 1 fully saturated rings. The molecule has 3 rings (SSSR count). The van der Waals surface area contributed by atoms with Crippen molar-refractivity contribution in [2.75, 3.05) is 25.1 Å². The number of para-hydroxylation sites is 2.